The van der Waals surface area contributed by atoms with E-state index < -0.39 is 0 Å². The zero-order valence-corrected chi connectivity index (χ0v) is 7.87. The van der Waals surface area contributed by atoms with Crippen LogP contribution in [0.15, 0.2) is 6.07 Å². The predicted molar refractivity (Wildman–Crippen MR) is 51.8 cm³/mol. The Morgan fingerprint density at radius 2 is 2.31 bits per heavy atom. The highest BCUT2D eigenvalue weighted by Crippen LogP contribution is 2.13. The summed E-state index contributed by atoms with van der Waals surface area (Å²) < 4.78 is 4.94. The van der Waals surface area contributed by atoms with Crippen LogP contribution < -0.4 is 15.8 Å². The molecule has 1 aromatic rings. The van der Waals surface area contributed by atoms with E-state index >= 15 is 0 Å². The zero-order chi connectivity index (χ0) is 9.68. The summed E-state index contributed by atoms with van der Waals surface area (Å²) in [7, 11) is 1.55. The van der Waals surface area contributed by atoms with Gasteiger partial charge in [-0.15, -0.1) is 0 Å². The molecule has 0 amide bonds. The van der Waals surface area contributed by atoms with Gasteiger partial charge in [0.05, 0.1) is 7.11 Å². The second-order valence-electron chi connectivity index (χ2n) is 2.58. The molecule has 0 aliphatic carbocycles. The van der Waals surface area contributed by atoms with Gasteiger partial charge in [-0.2, -0.15) is 9.97 Å². The molecule has 0 saturated heterocycles. The Labute approximate surface area is 77.3 Å². The summed E-state index contributed by atoms with van der Waals surface area (Å²) in [5, 5.41) is 3.10. The number of methoxy groups -OCH3 is 1. The van der Waals surface area contributed by atoms with Crippen molar-refractivity contribution in [3.8, 4) is 5.88 Å². The van der Waals surface area contributed by atoms with Crippen molar-refractivity contribution in [2.75, 3.05) is 24.7 Å². The third-order valence-corrected chi connectivity index (χ3v) is 1.49. The number of rotatable bonds is 4. The second kappa shape index (κ2) is 4.49. The molecule has 0 bridgehead atoms. The van der Waals surface area contributed by atoms with E-state index in [9.17, 15) is 0 Å². The van der Waals surface area contributed by atoms with E-state index in [1.165, 1.54) is 0 Å². The van der Waals surface area contributed by atoms with Gasteiger partial charge in [-0.05, 0) is 6.42 Å². The summed E-state index contributed by atoms with van der Waals surface area (Å²) in [4.78, 5) is 7.86. The highest BCUT2D eigenvalue weighted by molar-refractivity contribution is 5.42. The third kappa shape index (κ3) is 2.77. The zero-order valence-electron chi connectivity index (χ0n) is 7.87. The highest BCUT2D eigenvalue weighted by Gasteiger charge is 2.00. The van der Waals surface area contributed by atoms with Gasteiger partial charge in [0.1, 0.15) is 5.82 Å². The number of anilines is 2. The maximum absolute atomic E-state index is 5.46. The van der Waals surface area contributed by atoms with Crippen LogP contribution in [0.4, 0.5) is 11.8 Å². The van der Waals surface area contributed by atoms with Gasteiger partial charge in [0, 0.05) is 12.6 Å². The Hall–Kier alpha value is -1.52. The summed E-state index contributed by atoms with van der Waals surface area (Å²) in [6, 6.07) is 1.71. The lowest BCUT2D eigenvalue weighted by atomic mass is 10.4. The largest absolute Gasteiger partial charge is 0.481 e. The summed E-state index contributed by atoms with van der Waals surface area (Å²) in [6.45, 7) is 2.94. The molecule has 0 fully saturated rings. The molecule has 3 N–H and O–H groups in total. The van der Waals surface area contributed by atoms with E-state index in [1.54, 1.807) is 13.2 Å². The van der Waals surface area contributed by atoms with E-state index in [0.29, 0.717) is 11.7 Å². The summed E-state index contributed by atoms with van der Waals surface area (Å²) >= 11 is 0. The number of hydrogen-bond donors (Lipinski definition) is 2. The minimum atomic E-state index is 0.220. The number of nitrogens with zero attached hydrogens (tertiary/aromatic N) is 2. The normalized spacial score (nSPS) is 9.69. The van der Waals surface area contributed by atoms with Gasteiger partial charge in [0.25, 0.3) is 0 Å². The van der Waals surface area contributed by atoms with Crippen LogP contribution in [0.3, 0.4) is 0 Å². The Morgan fingerprint density at radius 3 is 2.92 bits per heavy atom. The molecule has 0 aliphatic heterocycles. The van der Waals surface area contributed by atoms with Crippen molar-refractivity contribution in [1.29, 1.82) is 0 Å². The minimum Gasteiger partial charge on any atom is -0.481 e. The summed E-state index contributed by atoms with van der Waals surface area (Å²) in [5.74, 6) is 1.40. The van der Waals surface area contributed by atoms with Gasteiger partial charge < -0.3 is 15.8 Å². The van der Waals surface area contributed by atoms with E-state index in [1.807, 2.05) is 0 Å². The first-order chi connectivity index (χ1) is 6.26. The molecule has 72 valence electrons. The average molecular weight is 182 g/mol. The number of ether oxygens (including phenoxy) is 1. The van der Waals surface area contributed by atoms with Crippen molar-refractivity contribution in [2.24, 2.45) is 0 Å². The lowest BCUT2D eigenvalue weighted by Gasteiger charge is -2.05. The number of aromatic nitrogens is 2. The molecule has 1 rings (SSSR count). The molecule has 13 heavy (non-hydrogen) atoms. The molecule has 0 saturated carbocycles. The van der Waals surface area contributed by atoms with Crippen LogP contribution in [0.5, 0.6) is 5.88 Å². The van der Waals surface area contributed by atoms with Gasteiger partial charge in [-0.3, -0.25) is 0 Å². The standard InChI is InChI=1S/C8H14N4O/c1-3-4-10-6-5-7(13-2)12-8(9)11-6/h5H,3-4H2,1-2H3,(H3,9,10,11,12). The Balaban J connectivity index is 2.76. The molecular weight excluding hydrogens is 168 g/mol. The maximum Gasteiger partial charge on any atom is 0.225 e. The molecule has 0 aromatic carbocycles. The van der Waals surface area contributed by atoms with Crippen LogP contribution in [0.1, 0.15) is 13.3 Å². The number of nitrogens with two attached hydrogens (primary N) is 1. The predicted octanol–water partition coefficient (Wildman–Crippen LogP) is 0.889. The molecule has 1 aromatic heterocycles. The maximum atomic E-state index is 5.46. The number of nitrogen functional groups attached to an aromatic ring is 1. The van der Waals surface area contributed by atoms with Crippen LogP contribution >= 0.6 is 0 Å². The molecular formula is C8H14N4O. The molecule has 5 nitrogen and oxygen atoms in total. The lowest BCUT2D eigenvalue weighted by molar-refractivity contribution is 0.398. The Morgan fingerprint density at radius 1 is 1.54 bits per heavy atom. The first kappa shape index (κ1) is 9.57. The van der Waals surface area contributed by atoms with Crippen LogP contribution in [-0.2, 0) is 0 Å². The smallest absolute Gasteiger partial charge is 0.225 e. The first-order valence-electron chi connectivity index (χ1n) is 4.18. The SMILES string of the molecule is CCCNc1cc(OC)nc(N)n1. The highest BCUT2D eigenvalue weighted by atomic mass is 16.5. The fraction of sp³-hybridized carbons (Fsp3) is 0.500. The summed E-state index contributed by atoms with van der Waals surface area (Å²) in [5.41, 5.74) is 5.46. The molecule has 5 heteroatoms. The van der Waals surface area contributed by atoms with Crippen molar-refractivity contribution < 1.29 is 4.74 Å². The third-order valence-electron chi connectivity index (χ3n) is 1.49. The number of hydrogen-bond acceptors (Lipinski definition) is 5. The molecule has 0 aliphatic rings. The molecule has 0 spiro atoms. The van der Waals surface area contributed by atoms with Crippen molar-refractivity contribution in [3.63, 3.8) is 0 Å². The van der Waals surface area contributed by atoms with Crippen molar-refractivity contribution >= 4 is 11.8 Å². The Bertz CT molecular complexity index is 277. The molecule has 0 atom stereocenters. The molecule has 1 heterocycles. The van der Waals surface area contributed by atoms with Crippen molar-refractivity contribution in [2.45, 2.75) is 13.3 Å². The van der Waals surface area contributed by atoms with Gasteiger partial charge in [0.2, 0.25) is 11.8 Å². The van der Waals surface area contributed by atoms with Crippen molar-refractivity contribution in [3.05, 3.63) is 6.07 Å². The molecule has 0 radical (unpaired) electrons. The fourth-order valence-corrected chi connectivity index (χ4v) is 0.891. The average Bonchev–Trinajstić information content (AvgIpc) is 2.14. The van der Waals surface area contributed by atoms with Crippen LogP contribution in [0.2, 0.25) is 0 Å². The fourth-order valence-electron chi connectivity index (χ4n) is 0.891. The van der Waals surface area contributed by atoms with Gasteiger partial charge in [-0.1, -0.05) is 6.92 Å². The van der Waals surface area contributed by atoms with Crippen molar-refractivity contribution in [1.82, 2.24) is 9.97 Å². The quantitative estimate of drug-likeness (QED) is 0.723. The van der Waals surface area contributed by atoms with Gasteiger partial charge >= 0.3 is 0 Å². The lowest BCUT2D eigenvalue weighted by Crippen LogP contribution is -2.05. The number of nitrogens with one attached hydrogen (secondary N) is 1. The van der Waals surface area contributed by atoms with E-state index in [4.69, 9.17) is 10.5 Å². The Kier molecular flexibility index (Phi) is 3.31. The second-order valence-corrected chi connectivity index (χ2v) is 2.58. The van der Waals surface area contributed by atoms with E-state index in [0.717, 1.165) is 13.0 Å². The van der Waals surface area contributed by atoms with E-state index in [-0.39, 0.29) is 5.95 Å². The van der Waals surface area contributed by atoms with Crippen LogP contribution in [0, 0.1) is 0 Å². The monoisotopic (exact) mass is 182 g/mol. The first-order valence-corrected chi connectivity index (χ1v) is 4.18. The minimum absolute atomic E-state index is 0.220. The van der Waals surface area contributed by atoms with Gasteiger partial charge in [-0.25, -0.2) is 0 Å². The van der Waals surface area contributed by atoms with Gasteiger partial charge in [0.15, 0.2) is 0 Å². The topological polar surface area (TPSA) is 73.1 Å². The van der Waals surface area contributed by atoms with Crippen LogP contribution in [-0.4, -0.2) is 23.6 Å². The van der Waals surface area contributed by atoms with Crippen LogP contribution in [0.25, 0.3) is 0 Å². The van der Waals surface area contributed by atoms with E-state index in [2.05, 4.69) is 22.2 Å². The molecule has 0 unspecified atom stereocenters. The summed E-state index contributed by atoms with van der Waals surface area (Å²) in [6.07, 6.45) is 1.03.